The Kier molecular flexibility index (Phi) is 2.28. The Morgan fingerprint density at radius 2 is 2.29 bits per heavy atom. The number of hydrogen-bond acceptors (Lipinski definition) is 3. The number of carbonyl (C=O) groups excluding carboxylic acids is 1. The molecule has 1 aromatic heterocycles. The van der Waals surface area contributed by atoms with E-state index in [-0.39, 0.29) is 0 Å². The molecule has 0 saturated carbocycles. The van der Waals surface area contributed by atoms with Gasteiger partial charge in [0.15, 0.2) is 6.29 Å². The van der Waals surface area contributed by atoms with Gasteiger partial charge in [-0.1, -0.05) is 11.6 Å². The second kappa shape index (κ2) is 3.59. The minimum Gasteiger partial charge on any atom is -0.298 e. The topological polar surface area (TPSA) is 47.8 Å². The van der Waals surface area contributed by atoms with E-state index >= 15 is 0 Å². The first-order chi connectivity index (χ1) is 6.81. The highest BCUT2D eigenvalue weighted by Gasteiger charge is 2.02. The molecule has 0 N–H and O–H groups in total. The smallest absolute Gasteiger partial charge is 0.151 e. The molecule has 0 radical (unpaired) electrons. The molecule has 0 aliphatic carbocycles. The van der Waals surface area contributed by atoms with Gasteiger partial charge in [0.2, 0.25) is 0 Å². The molecule has 2 aromatic rings. The standard InChI is InChI=1S/C9H6ClN3O/c10-9-3-8(2-1-7(9)4-14)13-6-11-5-12-13/h1-6H. The van der Waals surface area contributed by atoms with Crippen LogP contribution in [0.3, 0.4) is 0 Å². The number of nitrogens with zero attached hydrogens (tertiary/aromatic N) is 3. The van der Waals surface area contributed by atoms with Crippen molar-refractivity contribution in [2.75, 3.05) is 0 Å². The molecule has 1 aromatic carbocycles. The Morgan fingerprint density at radius 1 is 1.43 bits per heavy atom. The second-order valence-corrected chi connectivity index (χ2v) is 3.07. The van der Waals surface area contributed by atoms with E-state index in [9.17, 15) is 4.79 Å². The highest BCUT2D eigenvalue weighted by atomic mass is 35.5. The molecule has 14 heavy (non-hydrogen) atoms. The van der Waals surface area contributed by atoms with E-state index in [0.29, 0.717) is 16.9 Å². The first-order valence-corrected chi connectivity index (χ1v) is 4.29. The fraction of sp³-hybridized carbons (Fsp3) is 0. The maximum atomic E-state index is 10.5. The number of aromatic nitrogens is 3. The molecule has 70 valence electrons. The second-order valence-electron chi connectivity index (χ2n) is 2.66. The van der Waals surface area contributed by atoms with Crippen molar-refractivity contribution >= 4 is 17.9 Å². The highest BCUT2D eigenvalue weighted by Crippen LogP contribution is 2.17. The molecule has 0 aliphatic rings. The molecular formula is C9H6ClN3O. The number of carbonyl (C=O) groups is 1. The third-order valence-electron chi connectivity index (χ3n) is 1.79. The van der Waals surface area contributed by atoms with Crippen LogP contribution in [0.1, 0.15) is 10.4 Å². The Bertz CT molecular complexity index is 453. The average Bonchev–Trinajstić information content (AvgIpc) is 2.70. The fourth-order valence-electron chi connectivity index (χ4n) is 1.10. The van der Waals surface area contributed by atoms with Gasteiger partial charge in [0.05, 0.1) is 10.7 Å². The van der Waals surface area contributed by atoms with E-state index in [1.54, 1.807) is 29.2 Å². The molecule has 0 fully saturated rings. The van der Waals surface area contributed by atoms with Crippen molar-refractivity contribution in [1.29, 1.82) is 0 Å². The Balaban J connectivity index is 2.48. The van der Waals surface area contributed by atoms with Gasteiger partial charge in [0, 0.05) is 5.56 Å². The summed E-state index contributed by atoms with van der Waals surface area (Å²) in [5, 5.41) is 4.35. The summed E-state index contributed by atoms with van der Waals surface area (Å²) in [6, 6.07) is 5.07. The Hall–Kier alpha value is -1.68. The van der Waals surface area contributed by atoms with Crippen molar-refractivity contribution < 1.29 is 4.79 Å². The van der Waals surface area contributed by atoms with Crippen molar-refractivity contribution in [2.24, 2.45) is 0 Å². The van der Waals surface area contributed by atoms with Crippen LogP contribution in [0, 0.1) is 0 Å². The van der Waals surface area contributed by atoms with Crippen LogP contribution in [0.25, 0.3) is 5.69 Å². The van der Waals surface area contributed by atoms with Crippen LogP contribution in [0.15, 0.2) is 30.9 Å². The largest absolute Gasteiger partial charge is 0.298 e. The van der Waals surface area contributed by atoms with Crippen LogP contribution >= 0.6 is 11.6 Å². The lowest BCUT2D eigenvalue weighted by Gasteiger charge is -2.01. The summed E-state index contributed by atoms with van der Waals surface area (Å²) in [4.78, 5) is 14.3. The maximum absolute atomic E-state index is 10.5. The van der Waals surface area contributed by atoms with E-state index in [2.05, 4.69) is 10.1 Å². The van der Waals surface area contributed by atoms with Gasteiger partial charge in [-0.2, -0.15) is 5.10 Å². The molecule has 2 rings (SSSR count). The van der Waals surface area contributed by atoms with E-state index in [4.69, 9.17) is 11.6 Å². The van der Waals surface area contributed by atoms with Gasteiger partial charge in [0.1, 0.15) is 12.7 Å². The van der Waals surface area contributed by atoms with Crippen molar-refractivity contribution in [3.05, 3.63) is 41.4 Å². The number of rotatable bonds is 2. The van der Waals surface area contributed by atoms with Crippen molar-refractivity contribution in [3.8, 4) is 5.69 Å². The summed E-state index contributed by atoms with van der Waals surface area (Å²) in [7, 11) is 0. The summed E-state index contributed by atoms with van der Waals surface area (Å²) in [6.07, 6.45) is 3.71. The normalized spacial score (nSPS) is 10.1. The summed E-state index contributed by atoms with van der Waals surface area (Å²) in [6.45, 7) is 0. The molecule has 0 bridgehead atoms. The molecule has 0 aliphatic heterocycles. The van der Waals surface area contributed by atoms with E-state index in [1.807, 2.05) is 0 Å². The summed E-state index contributed by atoms with van der Waals surface area (Å²) >= 11 is 5.85. The fourth-order valence-corrected chi connectivity index (χ4v) is 1.32. The quantitative estimate of drug-likeness (QED) is 0.705. The average molecular weight is 208 g/mol. The lowest BCUT2D eigenvalue weighted by Crippen LogP contribution is -1.95. The monoisotopic (exact) mass is 207 g/mol. The summed E-state index contributed by atoms with van der Waals surface area (Å²) in [5.41, 5.74) is 1.24. The van der Waals surface area contributed by atoms with E-state index in [1.165, 1.54) is 6.33 Å². The third-order valence-corrected chi connectivity index (χ3v) is 2.12. The van der Waals surface area contributed by atoms with Crippen molar-refractivity contribution in [3.63, 3.8) is 0 Å². The van der Waals surface area contributed by atoms with Crippen LogP contribution in [0.4, 0.5) is 0 Å². The van der Waals surface area contributed by atoms with Crippen LogP contribution in [0.5, 0.6) is 0 Å². The van der Waals surface area contributed by atoms with Gasteiger partial charge >= 0.3 is 0 Å². The van der Waals surface area contributed by atoms with Gasteiger partial charge in [-0.05, 0) is 18.2 Å². The predicted octanol–water partition coefficient (Wildman–Crippen LogP) is 1.73. The number of aldehydes is 1. The number of hydrogen-bond donors (Lipinski definition) is 0. The van der Waals surface area contributed by atoms with Crippen LogP contribution < -0.4 is 0 Å². The molecular weight excluding hydrogens is 202 g/mol. The summed E-state index contributed by atoms with van der Waals surface area (Å²) in [5.74, 6) is 0. The Morgan fingerprint density at radius 3 is 2.86 bits per heavy atom. The zero-order chi connectivity index (χ0) is 9.97. The van der Waals surface area contributed by atoms with Crippen LogP contribution in [-0.4, -0.2) is 21.1 Å². The van der Waals surface area contributed by atoms with Crippen molar-refractivity contribution in [1.82, 2.24) is 14.8 Å². The van der Waals surface area contributed by atoms with Gasteiger partial charge in [-0.25, -0.2) is 9.67 Å². The molecule has 0 amide bonds. The summed E-state index contributed by atoms with van der Waals surface area (Å²) < 4.78 is 1.57. The zero-order valence-corrected chi connectivity index (χ0v) is 7.85. The predicted molar refractivity (Wildman–Crippen MR) is 51.8 cm³/mol. The first kappa shape index (κ1) is 8.90. The van der Waals surface area contributed by atoms with E-state index in [0.717, 1.165) is 5.69 Å². The zero-order valence-electron chi connectivity index (χ0n) is 7.09. The molecule has 0 spiro atoms. The third kappa shape index (κ3) is 1.52. The molecule has 0 atom stereocenters. The van der Waals surface area contributed by atoms with Gasteiger partial charge in [-0.15, -0.1) is 0 Å². The Labute approximate surface area is 85.1 Å². The van der Waals surface area contributed by atoms with Crippen molar-refractivity contribution in [2.45, 2.75) is 0 Å². The molecule has 1 heterocycles. The van der Waals surface area contributed by atoms with E-state index < -0.39 is 0 Å². The number of halogens is 1. The lowest BCUT2D eigenvalue weighted by atomic mass is 10.2. The maximum Gasteiger partial charge on any atom is 0.151 e. The van der Waals surface area contributed by atoms with Gasteiger partial charge in [0.25, 0.3) is 0 Å². The van der Waals surface area contributed by atoms with Crippen LogP contribution in [-0.2, 0) is 0 Å². The SMILES string of the molecule is O=Cc1ccc(-n2cncn2)cc1Cl. The van der Waals surface area contributed by atoms with Gasteiger partial charge in [-0.3, -0.25) is 4.79 Å². The molecule has 4 nitrogen and oxygen atoms in total. The minimum absolute atomic E-state index is 0.410. The molecule has 5 heteroatoms. The van der Waals surface area contributed by atoms with Crippen LogP contribution in [0.2, 0.25) is 5.02 Å². The highest BCUT2D eigenvalue weighted by molar-refractivity contribution is 6.33. The molecule has 0 saturated heterocycles. The molecule has 0 unspecified atom stereocenters. The first-order valence-electron chi connectivity index (χ1n) is 3.91. The minimum atomic E-state index is 0.410. The number of benzene rings is 1. The van der Waals surface area contributed by atoms with Gasteiger partial charge < -0.3 is 0 Å². The lowest BCUT2D eigenvalue weighted by molar-refractivity contribution is 0.112.